The number of aliphatic imine (C=N–C) groups is 1. The fraction of sp³-hybridized carbons (Fsp3) is 0.588. The molecule has 0 aliphatic carbocycles. The summed E-state index contributed by atoms with van der Waals surface area (Å²) in [5.41, 5.74) is 1.32. The Morgan fingerprint density at radius 2 is 2.00 bits per heavy atom. The number of ether oxygens (including phenoxy) is 2. The second-order valence-electron chi connectivity index (χ2n) is 5.20. The van der Waals surface area contributed by atoms with Crippen LogP contribution in [0.4, 0.5) is 0 Å². The summed E-state index contributed by atoms with van der Waals surface area (Å²) in [5.74, 6) is 0.800. The molecule has 0 saturated heterocycles. The van der Waals surface area contributed by atoms with E-state index >= 15 is 0 Å². The van der Waals surface area contributed by atoms with Gasteiger partial charge in [-0.1, -0.05) is 30.3 Å². The van der Waals surface area contributed by atoms with Crippen LogP contribution in [0, 0.1) is 0 Å². The van der Waals surface area contributed by atoms with Gasteiger partial charge < -0.3 is 20.1 Å². The SMILES string of the molecule is CN=C(NCCCOCCc1ccccc1)NC(C)COC. The monoisotopic (exact) mass is 307 g/mol. The molecule has 1 aromatic carbocycles. The molecule has 22 heavy (non-hydrogen) atoms. The molecule has 1 atom stereocenters. The molecule has 1 unspecified atom stereocenters. The summed E-state index contributed by atoms with van der Waals surface area (Å²) < 4.78 is 10.7. The van der Waals surface area contributed by atoms with Crippen LogP contribution in [-0.4, -0.2) is 52.5 Å². The Hall–Kier alpha value is -1.59. The van der Waals surface area contributed by atoms with Crippen molar-refractivity contribution in [3.05, 3.63) is 35.9 Å². The summed E-state index contributed by atoms with van der Waals surface area (Å²) in [6.45, 7) is 5.07. The first kappa shape index (κ1) is 18.5. The van der Waals surface area contributed by atoms with Gasteiger partial charge in [0.25, 0.3) is 0 Å². The summed E-state index contributed by atoms with van der Waals surface area (Å²) in [6, 6.07) is 10.6. The number of hydrogen-bond acceptors (Lipinski definition) is 3. The minimum absolute atomic E-state index is 0.235. The Balaban J connectivity index is 2.02. The van der Waals surface area contributed by atoms with E-state index in [1.54, 1.807) is 14.2 Å². The molecule has 5 nitrogen and oxygen atoms in total. The zero-order valence-electron chi connectivity index (χ0n) is 14.0. The topological polar surface area (TPSA) is 54.9 Å². The van der Waals surface area contributed by atoms with E-state index in [1.807, 2.05) is 6.07 Å². The van der Waals surface area contributed by atoms with E-state index in [-0.39, 0.29) is 6.04 Å². The van der Waals surface area contributed by atoms with E-state index in [9.17, 15) is 0 Å². The molecular weight excluding hydrogens is 278 g/mol. The predicted molar refractivity (Wildman–Crippen MR) is 91.4 cm³/mol. The second kappa shape index (κ2) is 12.0. The molecule has 0 fully saturated rings. The third kappa shape index (κ3) is 8.64. The summed E-state index contributed by atoms with van der Waals surface area (Å²) in [6.07, 6.45) is 1.92. The van der Waals surface area contributed by atoms with Crippen LogP contribution in [0.2, 0.25) is 0 Å². The van der Waals surface area contributed by atoms with Crippen molar-refractivity contribution in [3.8, 4) is 0 Å². The highest BCUT2D eigenvalue weighted by Crippen LogP contribution is 1.99. The molecular formula is C17H29N3O2. The lowest BCUT2D eigenvalue weighted by molar-refractivity contribution is 0.135. The maximum absolute atomic E-state index is 5.65. The summed E-state index contributed by atoms with van der Waals surface area (Å²) in [5, 5.41) is 6.53. The van der Waals surface area contributed by atoms with E-state index in [0.29, 0.717) is 6.61 Å². The zero-order valence-corrected chi connectivity index (χ0v) is 14.0. The molecule has 0 saturated carbocycles. The number of rotatable bonds is 10. The Morgan fingerprint density at radius 3 is 2.68 bits per heavy atom. The number of benzene rings is 1. The molecule has 0 aliphatic rings. The number of guanidine groups is 1. The van der Waals surface area contributed by atoms with Crippen LogP contribution in [0.1, 0.15) is 18.9 Å². The maximum atomic E-state index is 5.65. The van der Waals surface area contributed by atoms with Gasteiger partial charge >= 0.3 is 0 Å². The molecule has 1 aromatic rings. The van der Waals surface area contributed by atoms with Crippen molar-refractivity contribution in [2.45, 2.75) is 25.8 Å². The van der Waals surface area contributed by atoms with Crippen molar-refractivity contribution >= 4 is 5.96 Å². The summed E-state index contributed by atoms with van der Waals surface area (Å²) in [4.78, 5) is 4.18. The van der Waals surface area contributed by atoms with Gasteiger partial charge in [-0.25, -0.2) is 0 Å². The van der Waals surface area contributed by atoms with E-state index in [4.69, 9.17) is 9.47 Å². The van der Waals surface area contributed by atoms with E-state index < -0.39 is 0 Å². The van der Waals surface area contributed by atoms with Crippen LogP contribution >= 0.6 is 0 Å². The Morgan fingerprint density at radius 1 is 1.23 bits per heavy atom. The van der Waals surface area contributed by atoms with Gasteiger partial charge in [-0.2, -0.15) is 0 Å². The average Bonchev–Trinajstić information content (AvgIpc) is 2.54. The van der Waals surface area contributed by atoms with Crippen molar-refractivity contribution in [3.63, 3.8) is 0 Å². The Labute approximate surface area is 134 Å². The molecule has 2 N–H and O–H groups in total. The fourth-order valence-electron chi connectivity index (χ4n) is 2.04. The molecule has 1 rings (SSSR count). The normalized spacial score (nSPS) is 13.0. The number of nitrogens with one attached hydrogen (secondary N) is 2. The molecule has 5 heteroatoms. The van der Waals surface area contributed by atoms with E-state index in [1.165, 1.54) is 5.56 Å². The lowest BCUT2D eigenvalue weighted by atomic mass is 10.2. The fourth-order valence-corrected chi connectivity index (χ4v) is 2.04. The Bertz CT molecular complexity index is 410. The molecule has 0 bridgehead atoms. The van der Waals surface area contributed by atoms with Crippen LogP contribution in [0.5, 0.6) is 0 Å². The Kier molecular flexibility index (Phi) is 10.1. The highest BCUT2D eigenvalue weighted by atomic mass is 16.5. The molecule has 0 aliphatic heterocycles. The van der Waals surface area contributed by atoms with Crippen LogP contribution in [0.25, 0.3) is 0 Å². The quantitative estimate of drug-likeness (QED) is 0.393. The molecule has 0 heterocycles. The van der Waals surface area contributed by atoms with Gasteiger partial charge in [0.1, 0.15) is 0 Å². The lowest BCUT2D eigenvalue weighted by Crippen LogP contribution is -2.44. The maximum Gasteiger partial charge on any atom is 0.191 e. The average molecular weight is 307 g/mol. The minimum Gasteiger partial charge on any atom is -0.383 e. The van der Waals surface area contributed by atoms with Gasteiger partial charge in [0, 0.05) is 33.4 Å². The first-order valence-corrected chi connectivity index (χ1v) is 7.84. The minimum atomic E-state index is 0.235. The second-order valence-corrected chi connectivity index (χ2v) is 5.20. The first-order valence-electron chi connectivity index (χ1n) is 7.84. The van der Waals surface area contributed by atoms with Crippen molar-refractivity contribution in [1.29, 1.82) is 0 Å². The molecule has 0 radical (unpaired) electrons. The molecule has 0 spiro atoms. The number of hydrogen-bond donors (Lipinski definition) is 2. The highest BCUT2D eigenvalue weighted by Gasteiger charge is 2.03. The first-order chi connectivity index (χ1) is 10.8. The zero-order chi connectivity index (χ0) is 16.0. The van der Waals surface area contributed by atoms with Crippen molar-refractivity contribution in [1.82, 2.24) is 10.6 Å². The van der Waals surface area contributed by atoms with Crippen LogP contribution in [0.15, 0.2) is 35.3 Å². The third-order valence-corrected chi connectivity index (χ3v) is 3.16. The summed E-state index contributed by atoms with van der Waals surface area (Å²) >= 11 is 0. The smallest absolute Gasteiger partial charge is 0.191 e. The third-order valence-electron chi connectivity index (χ3n) is 3.16. The van der Waals surface area contributed by atoms with Crippen molar-refractivity contribution in [2.75, 3.05) is 40.5 Å². The van der Waals surface area contributed by atoms with Gasteiger partial charge in [-0.3, -0.25) is 4.99 Å². The van der Waals surface area contributed by atoms with Crippen LogP contribution in [0.3, 0.4) is 0 Å². The predicted octanol–water partition coefficient (Wildman–Crippen LogP) is 1.84. The van der Waals surface area contributed by atoms with E-state index in [0.717, 1.165) is 38.6 Å². The lowest BCUT2D eigenvalue weighted by Gasteiger charge is -2.17. The highest BCUT2D eigenvalue weighted by molar-refractivity contribution is 5.79. The van der Waals surface area contributed by atoms with Crippen molar-refractivity contribution < 1.29 is 9.47 Å². The largest absolute Gasteiger partial charge is 0.383 e. The van der Waals surface area contributed by atoms with E-state index in [2.05, 4.69) is 46.8 Å². The van der Waals surface area contributed by atoms with Gasteiger partial charge in [0.05, 0.1) is 13.2 Å². The number of methoxy groups -OCH3 is 1. The van der Waals surface area contributed by atoms with Crippen LogP contribution in [-0.2, 0) is 15.9 Å². The van der Waals surface area contributed by atoms with Gasteiger partial charge in [-0.15, -0.1) is 0 Å². The standard InChI is InChI=1S/C17H29N3O2/c1-15(14-21-3)20-17(18-2)19-11-7-12-22-13-10-16-8-5-4-6-9-16/h4-6,8-9,15H,7,10-14H2,1-3H3,(H2,18,19,20). The molecule has 0 amide bonds. The molecule has 124 valence electrons. The van der Waals surface area contributed by atoms with Crippen LogP contribution < -0.4 is 10.6 Å². The van der Waals surface area contributed by atoms with Gasteiger partial charge in [0.15, 0.2) is 5.96 Å². The number of nitrogens with zero attached hydrogens (tertiary/aromatic N) is 1. The van der Waals surface area contributed by atoms with Gasteiger partial charge in [-0.05, 0) is 25.3 Å². The molecule has 0 aromatic heterocycles. The van der Waals surface area contributed by atoms with Crippen molar-refractivity contribution in [2.24, 2.45) is 4.99 Å². The van der Waals surface area contributed by atoms with Gasteiger partial charge in [0.2, 0.25) is 0 Å². The summed E-state index contributed by atoms with van der Waals surface area (Å²) in [7, 11) is 3.46.